The summed E-state index contributed by atoms with van der Waals surface area (Å²) < 4.78 is 38.3. The fourth-order valence-electron chi connectivity index (χ4n) is 4.31. The Morgan fingerprint density at radius 1 is 0.857 bits per heavy atom. The molecule has 0 aliphatic carbocycles. The number of amides is 1. The molecular weight excluding hydrogens is 560 g/mol. The van der Waals surface area contributed by atoms with Gasteiger partial charge in [-0.3, -0.25) is 14.9 Å². The molecule has 4 aromatic rings. The minimum Gasteiger partial charge on any atom is -0.457 e. The molecule has 0 unspecified atom stereocenters. The number of carbonyl (C=O) groups is 1. The molecule has 0 saturated carbocycles. The molecule has 42 heavy (non-hydrogen) atoms. The Bertz CT molecular complexity index is 1760. The van der Waals surface area contributed by atoms with Crippen molar-refractivity contribution in [3.63, 3.8) is 0 Å². The van der Waals surface area contributed by atoms with Gasteiger partial charge in [0, 0.05) is 30.4 Å². The highest BCUT2D eigenvalue weighted by Crippen LogP contribution is 2.34. The standard InChI is InChI=1S/C30H24N4O7S/c31-20-21-3-8-24(9-4-21)40-25-10-12-26(13-11-25)41-29-16-5-22(19-28(29)34(36)37)30(35)32-23-6-14-27(15-7-23)42(38,39)33-17-1-2-18-33/h3-16,19H,1-2,17-18H2,(H,32,35). The van der Waals surface area contributed by atoms with Crippen LogP contribution in [0.3, 0.4) is 0 Å². The Hall–Kier alpha value is -5.25. The molecule has 1 fully saturated rings. The second kappa shape index (κ2) is 12.1. The van der Waals surface area contributed by atoms with E-state index in [0.717, 1.165) is 18.9 Å². The van der Waals surface area contributed by atoms with E-state index in [-0.39, 0.29) is 16.2 Å². The SMILES string of the molecule is N#Cc1ccc(Oc2ccc(Oc3ccc(C(=O)Nc4ccc(S(=O)(=O)N5CCCC5)cc4)cc3[N+](=O)[O-])cc2)cc1. The monoisotopic (exact) mass is 584 g/mol. The normalized spacial score (nSPS) is 13.2. The zero-order valence-electron chi connectivity index (χ0n) is 22.1. The van der Waals surface area contributed by atoms with Gasteiger partial charge < -0.3 is 14.8 Å². The Morgan fingerprint density at radius 3 is 2.00 bits per heavy atom. The van der Waals surface area contributed by atoms with Crippen LogP contribution in [-0.2, 0) is 10.0 Å². The van der Waals surface area contributed by atoms with Crippen LogP contribution in [-0.4, -0.2) is 36.6 Å². The molecule has 1 N–H and O–H groups in total. The lowest BCUT2D eigenvalue weighted by molar-refractivity contribution is -0.385. The maximum atomic E-state index is 12.8. The number of benzene rings is 4. The van der Waals surface area contributed by atoms with Gasteiger partial charge in [-0.2, -0.15) is 9.57 Å². The van der Waals surface area contributed by atoms with Gasteiger partial charge in [-0.05, 0) is 97.8 Å². The first-order valence-corrected chi connectivity index (χ1v) is 14.3. The van der Waals surface area contributed by atoms with Crippen molar-refractivity contribution < 1.29 is 27.6 Å². The molecular formula is C30H24N4O7S. The molecule has 12 heteroatoms. The number of sulfonamides is 1. The molecule has 1 heterocycles. The third kappa shape index (κ3) is 6.38. The number of rotatable bonds is 9. The zero-order chi connectivity index (χ0) is 29.7. The molecule has 1 aliphatic rings. The topological polar surface area (TPSA) is 152 Å². The number of nitrogens with zero attached hydrogens (tertiary/aromatic N) is 3. The highest BCUT2D eigenvalue weighted by Gasteiger charge is 2.27. The van der Waals surface area contributed by atoms with Crippen molar-refractivity contribution in [2.45, 2.75) is 17.7 Å². The average molecular weight is 585 g/mol. The van der Waals surface area contributed by atoms with Crippen LogP contribution in [0.15, 0.2) is 95.9 Å². The fourth-order valence-corrected chi connectivity index (χ4v) is 5.83. The number of ether oxygens (including phenoxy) is 2. The van der Waals surface area contributed by atoms with Gasteiger partial charge in [-0.25, -0.2) is 8.42 Å². The minimum atomic E-state index is -3.59. The summed E-state index contributed by atoms with van der Waals surface area (Å²) in [6.07, 6.45) is 1.65. The van der Waals surface area contributed by atoms with Crippen molar-refractivity contribution in [3.8, 4) is 29.1 Å². The fraction of sp³-hybridized carbons (Fsp3) is 0.133. The molecule has 0 aromatic heterocycles. The Morgan fingerprint density at radius 2 is 1.43 bits per heavy atom. The lowest BCUT2D eigenvalue weighted by Gasteiger charge is -2.15. The second-order valence-electron chi connectivity index (χ2n) is 9.34. The van der Waals surface area contributed by atoms with Gasteiger partial charge in [0.25, 0.3) is 5.91 Å². The van der Waals surface area contributed by atoms with Crippen LogP contribution >= 0.6 is 0 Å². The van der Waals surface area contributed by atoms with Crippen molar-refractivity contribution in [1.29, 1.82) is 5.26 Å². The first-order valence-electron chi connectivity index (χ1n) is 12.9. The van der Waals surface area contributed by atoms with Gasteiger partial charge in [-0.15, -0.1) is 0 Å². The third-order valence-corrected chi connectivity index (χ3v) is 8.42. The van der Waals surface area contributed by atoms with Crippen LogP contribution in [0, 0.1) is 21.4 Å². The number of nitro benzene ring substituents is 1. The number of hydrogen-bond acceptors (Lipinski definition) is 8. The predicted molar refractivity (Wildman–Crippen MR) is 153 cm³/mol. The number of anilines is 1. The highest BCUT2D eigenvalue weighted by molar-refractivity contribution is 7.89. The van der Waals surface area contributed by atoms with E-state index in [9.17, 15) is 23.3 Å². The first-order chi connectivity index (χ1) is 20.2. The number of hydrogen-bond donors (Lipinski definition) is 1. The van der Waals surface area contributed by atoms with Crippen LogP contribution in [0.4, 0.5) is 11.4 Å². The van der Waals surface area contributed by atoms with E-state index >= 15 is 0 Å². The lowest BCUT2D eigenvalue weighted by atomic mass is 10.1. The summed E-state index contributed by atoms with van der Waals surface area (Å²) in [7, 11) is -3.59. The number of carbonyl (C=O) groups excluding carboxylic acids is 1. The van der Waals surface area contributed by atoms with E-state index in [4.69, 9.17) is 14.7 Å². The molecule has 1 amide bonds. The van der Waals surface area contributed by atoms with E-state index in [0.29, 0.717) is 41.6 Å². The molecule has 0 bridgehead atoms. The minimum absolute atomic E-state index is 0.0222. The first kappa shape index (κ1) is 28.3. The largest absolute Gasteiger partial charge is 0.457 e. The molecule has 0 atom stereocenters. The van der Waals surface area contributed by atoms with E-state index in [1.807, 2.05) is 6.07 Å². The van der Waals surface area contributed by atoms with Crippen LogP contribution < -0.4 is 14.8 Å². The van der Waals surface area contributed by atoms with Crippen LogP contribution in [0.1, 0.15) is 28.8 Å². The highest BCUT2D eigenvalue weighted by atomic mass is 32.2. The zero-order valence-corrected chi connectivity index (χ0v) is 22.9. The average Bonchev–Trinajstić information content (AvgIpc) is 3.55. The van der Waals surface area contributed by atoms with Crippen molar-refractivity contribution in [2.75, 3.05) is 18.4 Å². The Balaban J connectivity index is 1.25. The molecule has 0 spiro atoms. The van der Waals surface area contributed by atoms with E-state index in [2.05, 4.69) is 5.32 Å². The number of nitro groups is 1. The Labute approximate surface area is 241 Å². The molecule has 5 rings (SSSR count). The van der Waals surface area contributed by atoms with Crippen LogP contribution in [0.2, 0.25) is 0 Å². The summed E-state index contributed by atoms with van der Waals surface area (Å²) in [6, 6.07) is 24.7. The summed E-state index contributed by atoms with van der Waals surface area (Å²) in [5.74, 6) is 0.676. The van der Waals surface area contributed by atoms with Gasteiger partial charge >= 0.3 is 5.69 Å². The predicted octanol–water partition coefficient (Wildman–Crippen LogP) is 6.09. The van der Waals surface area contributed by atoms with Gasteiger partial charge in [0.2, 0.25) is 15.8 Å². The van der Waals surface area contributed by atoms with Gasteiger partial charge in [0.05, 0.1) is 21.5 Å². The smallest absolute Gasteiger partial charge is 0.312 e. The number of nitriles is 1. The van der Waals surface area contributed by atoms with E-state index < -0.39 is 26.5 Å². The second-order valence-corrected chi connectivity index (χ2v) is 11.3. The van der Waals surface area contributed by atoms with Gasteiger partial charge in [0.1, 0.15) is 17.2 Å². The van der Waals surface area contributed by atoms with Gasteiger partial charge in [-0.1, -0.05) is 0 Å². The molecule has 1 aliphatic heterocycles. The summed E-state index contributed by atoms with van der Waals surface area (Å²) in [6.45, 7) is 0.970. The third-order valence-electron chi connectivity index (χ3n) is 6.50. The molecule has 4 aromatic carbocycles. The Kier molecular flexibility index (Phi) is 8.14. The lowest BCUT2D eigenvalue weighted by Crippen LogP contribution is -2.27. The number of nitrogens with one attached hydrogen (secondary N) is 1. The van der Waals surface area contributed by atoms with Gasteiger partial charge in [0.15, 0.2) is 0 Å². The summed E-state index contributed by atoms with van der Waals surface area (Å²) in [4.78, 5) is 24.1. The van der Waals surface area contributed by atoms with Crippen LogP contribution in [0.25, 0.3) is 0 Å². The maximum Gasteiger partial charge on any atom is 0.312 e. The molecule has 212 valence electrons. The van der Waals surface area contributed by atoms with Crippen LogP contribution in [0.5, 0.6) is 23.0 Å². The van der Waals surface area contributed by atoms with E-state index in [1.54, 1.807) is 48.5 Å². The van der Waals surface area contributed by atoms with Crippen molar-refractivity contribution >= 4 is 27.3 Å². The molecule has 11 nitrogen and oxygen atoms in total. The van der Waals surface area contributed by atoms with Crippen molar-refractivity contribution in [2.24, 2.45) is 0 Å². The quantitative estimate of drug-likeness (QED) is 0.183. The molecule has 1 saturated heterocycles. The van der Waals surface area contributed by atoms with E-state index in [1.165, 1.54) is 40.7 Å². The molecule has 0 radical (unpaired) electrons. The summed E-state index contributed by atoms with van der Waals surface area (Å²) in [5, 5.41) is 23.3. The van der Waals surface area contributed by atoms with Crippen molar-refractivity contribution in [3.05, 3.63) is 112 Å². The summed E-state index contributed by atoms with van der Waals surface area (Å²) >= 11 is 0. The summed E-state index contributed by atoms with van der Waals surface area (Å²) in [5.41, 5.74) is 0.462. The maximum absolute atomic E-state index is 12.8. The van der Waals surface area contributed by atoms with Crippen molar-refractivity contribution in [1.82, 2.24) is 4.31 Å².